The van der Waals surface area contributed by atoms with Crippen LogP contribution in [0.4, 0.5) is 4.79 Å². The minimum Gasteiger partial charge on any atom is -0.468 e. The maximum atomic E-state index is 12.2. The maximum absolute atomic E-state index is 12.2. The van der Waals surface area contributed by atoms with Crippen molar-refractivity contribution in [1.29, 1.82) is 0 Å². The molecule has 0 aromatic carbocycles. The van der Waals surface area contributed by atoms with Crippen LogP contribution in [-0.4, -0.2) is 28.8 Å². The van der Waals surface area contributed by atoms with Crippen molar-refractivity contribution in [3.8, 4) is 0 Å². The van der Waals surface area contributed by atoms with Crippen LogP contribution >= 0.6 is 11.8 Å². The van der Waals surface area contributed by atoms with Crippen molar-refractivity contribution in [3.05, 3.63) is 24.2 Å². The fraction of sp³-hybridized carbons (Fsp3) is 0.600. The summed E-state index contributed by atoms with van der Waals surface area (Å²) in [6.07, 6.45) is 1.02. The van der Waals surface area contributed by atoms with Crippen molar-refractivity contribution in [2.75, 3.05) is 5.75 Å². The van der Waals surface area contributed by atoms with Crippen molar-refractivity contribution in [2.45, 2.75) is 51.5 Å². The van der Waals surface area contributed by atoms with Crippen LogP contribution in [0.1, 0.15) is 40.4 Å². The van der Waals surface area contributed by atoms with E-state index >= 15 is 0 Å². The minimum atomic E-state index is -0.960. The van der Waals surface area contributed by atoms with Crippen molar-refractivity contribution >= 4 is 23.6 Å². The Morgan fingerprint density at radius 1 is 1.29 bits per heavy atom. The Bertz CT molecular complexity index is 474. The average molecular weight is 313 g/mol. The molecule has 1 heterocycles. The average Bonchev–Trinajstić information content (AvgIpc) is 2.78. The molecule has 118 valence electrons. The number of hydrogen-bond acceptors (Lipinski definition) is 5. The first kappa shape index (κ1) is 17.6. The van der Waals surface area contributed by atoms with E-state index in [2.05, 4.69) is 5.32 Å². The molecule has 0 saturated heterocycles. The molecule has 0 aliphatic heterocycles. The van der Waals surface area contributed by atoms with E-state index in [4.69, 9.17) is 9.15 Å². The van der Waals surface area contributed by atoms with Crippen LogP contribution in [0.15, 0.2) is 22.8 Å². The number of carbonyl (C=O) groups is 2. The summed E-state index contributed by atoms with van der Waals surface area (Å²) >= 11 is 1.45. The van der Waals surface area contributed by atoms with Crippen molar-refractivity contribution in [1.82, 2.24) is 5.32 Å². The summed E-state index contributed by atoms with van der Waals surface area (Å²) in [7, 11) is 0. The van der Waals surface area contributed by atoms with Crippen LogP contribution in [0, 0.1) is 0 Å². The van der Waals surface area contributed by atoms with Gasteiger partial charge < -0.3 is 14.5 Å². The number of hydrogen-bond donors (Lipinski definition) is 1. The fourth-order valence-electron chi connectivity index (χ4n) is 1.45. The summed E-state index contributed by atoms with van der Waals surface area (Å²) < 4.78 is 10.4. The number of alkyl carbamates (subject to hydrolysis) is 1. The Balaban J connectivity index is 2.41. The van der Waals surface area contributed by atoms with Gasteiger partial charge in [-0.15, -0.1) is 11.8 Å². The van der Waals surface area contributed by atoms with Gasteiger partial charge in [-0.3, -0.25) is 4.79 Å². The number of rotatable bonds is 6. The number of ether oxygens (including phenoxy) is 1. The zero-order valence-corrected chi connectivity index (χ0v) is 14.0. The number of carbonyl (C=O) groups excluding carboxylic acids is 2. The quantitative estimate of drug-likeness (QED) is 0.872. The van der Waals surface area contributed by atoms with E-state index in [1.807, 2.05) is 12.1 Å². The first-order chi connectivity index (χ1) is 9.60. The van der Waals surface area contributed by atoms with Gasteiger partial charge in [-0.25, -0.2) is 4.79 Å². The van der Waals surface area contributed by atoms with Crippen molar-refractivity contribution < 1.29 is 18.7 Å². The van der Waals surface area contributed by atoms with Gasteiger partial charge in [-0.05, 0) is 46.8 Å². The van der Waals surface area contributed by atoms with E-state index in [-0.39, 0.29) is 5.78 Å². The molecule has 0 unspecified atom stereocenters. The number of ketones is 1. The van der Waals surface area contributed by atoms with Crippen LogP contribution in [0.5, 0.6) is 0 Å². The maximum Gasteiger partial charge on any atom is 0.408 e. The lowest BCUT2D eigenvalue weighted by Crippen LogP contribution is -2.51. The highest BCUT2D eigenvalue weighted by molar-refractivity contribution is 7.99. The predicted octanol–water partition coefficient (Wildman–Crippen LogP) is 3.39. The van der Waals surface area contributed by atoms with Gasteiger partial charge >= 0.3 is 6.09 Å². The molecule has 5 nitrogen and oxygen atoms in total. The molecule has 0 spiro atoms. The third-order valence-electron chi connectivity index (χ3n) is 2.57. The topological polar surface area (TPSA) is 68.5 Å². The Morgan fingerprint density at radius 3 is 2.48 bits per heavy atom. The molecule has 1 aromatic rings. The molecule has 1 rings (SSSR count). The normalized spacial score (nSPS) is 12.0. The van der Waals surface area contributed by atoms with Crippen LogP contribution in [-0.2, 0) is 15.3 Å². The van der Waals surface area contributed by atoms with E-state index in [1.54, 1.807) is 40.9 Å². The molecule has 0 saturated carbocycles. The van der Waals surface area contributed by atoms with Crippen LogP contribution in [0.3, 0.4) is 0 Å². The van der Waals surface area contributed by atoms with Crippen molar-refractivity contribution in [3.63, 3.8) is 0 Å². The van der Waals surface area contributed by atoms with Gasteiger partial charge in [0.25, 0.3) is 0 Å². The van der Waals surface area contributed by atoms with E-state index in [9.17, 15) is 9.59 Å². The Labute approximate surface area is 129 Å². The van der Waals surface area contributed by atoms with Gasteiger partial charge in [0.2, 0.25) is 0 Å². The summed E-state index contributed by atoms with van der Waals surface area (Å²) in [4.78, 5) is 23.9. The highest BCUT2D eigenvalue weighted by Gasteiger charge is 2.31. The monoisotopic (exact) mass is 313 g/mol. The second-order valence-corrected chi connectivity index (χ2v) is 7.23. The van der Waals surface area contributed by atoms with E-state index < -0.39 is 17.2 Å². The first-order valence-electron chi connectivity index (χ1n) is 6.75. The number of furan rings is 1. The molecule has 0 atom stereocenters. The number of nitrogens with one attached hydrogen (secondary N) is 1. The Morgan fingerprint density at radius 2 is 1.95 bits per heavy atom. The fourth-order valence-corrected chi connectivity index (χ4v) is 2.46. The molecule has 1 amide bonds. The number of thioether (sulfide) groups is 1. The van der Waals surface area contributed by atoms with Crippen LogP contribution < -0.4 is 5.32 Å². The van der Waals surface area contributed by atoms with Gasteiger partial charge in [0, 0.05) is 0 Å². The van der Waals surface area contributed by atoms with Gasteiger partial charge in [-0.2, -0.15) is 0 Å². The van der Waals surface area contributed by atoms with E-state index in [0.29, 0.717) is 11.5 Å². The molecular weight excluding hydrogens is 290 g/mol. The van der Waals surface area contributed by atoms with Crippen molar-refractivity contribution in [2.24, 2.45) is 0 Å². The molecule has 0 aliphatic carbocycles. The Kier molecular flexibility index (Phi) is 5.89. The molecule has 0 bridgehead atoms. The second-order valence-electron chi connectivity index (χ2n) is 6.25. The highest BCUT2D eigenvalue weighted by Crippen LogP contribution is 2.16. The second kappa shape index (κ2) is 7.02. The highest BCUT2D eigenvalue weighted by atomic mass is 32.2. The summed E-state index contributed by atoms with van der Waals surface area (Å²) in [6.45, 7) is 8.68. The molecule has 0 fully saturated rings. The first-order valence-corrected chi connectivity index (χ1v) is 7.90. The number of Topliss-reactive ketones (excluding diaryl/α,β-unsaturated/α-hetero) is 1. The smallest absolute Gasteiger partial charge is 0.408 e. The summed E-state index contributed by atoms with van der Waals surface area (Å²) in [6, 6.07) is 3.67. The predicted molar refractivity (Wildman–Crippen MR) is 83.3 cm³/mol. The Hall–Kier alpha value is -1.43. The zero-order chi connectivity index (χ0) is 16.1. The van der Waals surface area contributed by atoms with Gasteiger partial charge in [-0.1, -0.05) is 0 Å². The standard InChI is InChI=1S/C15H23NO4S/c1-14(2,3)20-13(18)16-15(4,5)12(17)10-21-9-11-7-6-8-19-11/h6-8H,9-10H2,1-5H3,(H,16,18). The minimum absolute atomic E-state index is 0.0649. The van der Waals surface area contributed by atoms with Gasteiger partial charge in [0.15, 0.2) is 5.78 Å². The summed E-state index contributed by atoms with van der Waals surface area (Å²) in [5, 5.41) is 2.61. The molecule has 1 aromatic heterocycles. The lowest BCUT2D eigenvalue weighted by atomic mass is 10.0. The van der Waals surface area contributed by atoms with Gasteiger partial charge in [0.05, 0.1) is 23.3 Å². The molecule has 1 N–H and O–H groups in total. The molecule has 6 heteroatoms. The summed E-state index contributed by atoms with van der Waals surface area (Å²) in [5.74, 6) is 1.68. The largest absolute Gasteiger partial charge is 0.468 e. The molecule has 0 radical (unpaired) electrons. The molecular formula is C15H23NO4S. The SMILES string of the molecule is CC(C)(C)OC(=O)NC(C)(C)C(=O)CSCc1ccco1. The molecule has 21 heavy (non-hydrogen) atoms. The van der Waals surface area contributed by atoms with Gasteiger partial charge in [0.1, 0.15) is 11.4 Å². The van der Waals surface area contributed by atoms with E-state index in [0.717, 1.165) is 5.76 Å². The lowest BCUT2D eigenvalue weighted by molar-refractivity contribution is -0.121. The summed E-state index contributed by atoms with van der Waals surface area (Å²) in [5.41, 5.74) is -1.55. The third kappa shape index (κ3) is 6.71. The van der Waals surface area contributed by atoms with Crippen LogP contribution in [0.25, 0.3) is 0 Å². The zero-order valence-electron chi connectivity index (χ0n) is 13.2. The van der Waals surface area contributed by atoms with E-state index in [1.165, 1.54) is 11.8 Å². The lowest BCUT2D eigenvalue weighted by Gasteiger charge is -2.27. The van der Waals surface area contributed by atoms with Crippen LogP contribution in [0.2, 0.25) is 0 Å². The number of amides is 1. The third-order valence-corrected chi connectivity index (χ3v) is 3.52. The molecule has 0 aliphatic rings.